The van der Waals surface area contributed by atoms with Crippen molar-refractivity contribution in [3.05, 3.63) is 34.3 Å². The van der Waals surface area contributed by atoms with Crippen molar-refractivity contribution in [1.29, 1.82) is 0 Å². The zero-order chi connectivity index (χ0) is 13.0. The fraction of sp³-hybridized carbons (Fsp3) is 0.417. The fourth-order valence-corrected chi connectivity index (χ4v) is 1.79. The van der Waals surface area contributed by atoms with Gasteiger partial charge in [0.25, 0.3) is 0 Å². The van der Waals surface area contributed by atoms with Gasteiger partial charge in [-0.05, 0) is 36.6 Å². The highest BCUT2D eigenvalue weighted by atomic mass is 35.5. The lowest BCUT2D eigenvalue weighted by Crippen LogP contribution is -2.29. The maximum Gasteiger partial charge on any atom is 0.303 e. The molecule has 0 saturated carbocycles. The molecule has 0 bridgehead atoms. The Morgan fingerprint density at radius 2 is 2.18 bits per heavy atom. The van der Waals surface area contributed by atoms with Crippen molar-refractivity contribution < 1.29 is 15.0 Å². The van der Waals surface area contributed by atoms with Gasteiger partial charge < -0.3 is 15.9 Å². The molecule has 0 aliphatic carbocycles. The third kappa shape index (κ3) is 4.00. The Morgan fingerprint density at radius 1 is 1.53 bits per heavy atom. The highest BCUT2D eigenvalue weighted by Crippen LogP contribution is 2.25. The molecule has 1 rings (SSSR count). The molecule has 94 valence electrons. The quantitative estimate of drug-likeness (QED) is 0.752. The molecule has 0 aliphatic heterocycles. The van der Waals surface area contributed by atoms with E-state index in [-0.39, 0.29) is 12.8 Å². The second-order valence-corrected chi connectivity index (χ2v) is 4.48. The average molecular weight is 258 g/mol. The number of hydrogen-bond donors (Lipinski definition) is 3. The maximum atomic E-state index is 10.4. The number of carboxylic acid groups (broad SMARTS) is 1. The van der Waals surface area contributed by atoms with Crippen LogP contribution < -0.4 is 5.73 Å². The first-order valence-corrected chi connectivity index (χ1v) is 5.71. The predicted molar refractivity (Wildman–Crippen MR) is 66.0 cm³/mol. The second-order valence-electron chi connectivity index (χ2n) is 4.04. The normalized spacial score (nSPS) is 14.4. The molecule has 4 nitrogen and oxygen atoms in total. The van der Waals surface area contributed by atoms with E-state index in [4.69, 9.17) is 22.4 Å². The van der Waals surface area contributed by atoms with Crippen LogP contribution in [0.1, 0.15) is 30.1 Å². The van der Waals surface area contributed by atoms with Crippen LogP contribution in [-0.2, 0) is 4.79 Å². The van der Waals surface area contributed by atoms with Crippen molar-refractivity contribution in [1.82, 2.24) is 0 Å². The summed E-state index contributed by atoms with van der Waals surface area (Å²) in [7, 11) is 0. The molecule has 0 amide bonds. The molecule has 0 aliphatic rings. The highest BCUT2D eigenvalue weighted by molar-refractivity contribution is 6.30. The van der Waals surface area contributed by atoms with Crippen LogP contribution in [0, 0.1) is 6.92 Å². The molecule has 0 radical (unpaired) electrons. The standard InChI is InChI=1S/C12H16ClNO3/c1-7-2-3-8(13)6-9(7)12(17)10(14)4-5-11(15)16/h2-3,6,10,12,17H,4-5,14H2,1H3,(H,15,16). The lowest BCUT2D eigenvalue weighted by atomic mass is 9.96. The largest absolute Gasteiger partial charge is 0.481 e. The molecule has 2 unspecified atom stereocenters. The molecule has 1 aromatic rings. The first-order valence-electron chi connectivity index (χ1n) is 5.33. The topological polar surface area (TPSA) is 83.5 Å². The SMILES string of the molecule is Cc1ccc(Cl)cc1C(O)C(N)CCC(=O)O. The van der Waals surface area contributed by atoms with Crippen LogP contribution >= 0.6 is 11.6 Å². The van der Waals surface area contributed by atoms with E-state index in [1.807, 2.05) is 6.92 Å². The van der Waals surface area contributed by atoms with E-state index in [9.17, 15) is 9.90 Å². The number of aryl methyl sites for hydroxylation is 1. The van der Waals surface area contributed by atoms with Crippen molar-refractivity contribution in [2.24, 2.45) is 5.73 Å². The predicted octanol–water partition coefficient (Wildman–Crippen LogP) is 1.87. The summed E-state index contributed by atoms with van der Waals surface area (Å²) in [6.45, 7) is 1.85. The Hall–Kier alpha value is -1.10. The summed E-state index contributed by atoms with van der Waals surface area (Å²) in [5.74, 6) is -0.921. The smallest absolute Gasteiger partial charge is 0.303 e. The minimum absolute atomic E-state index is 0.0577. The van der Waals surface area contributed by atoms with E-state index >= 15 is 0 Å². The number of aliphatic carboxylic acids is 1. The van der Waals surface area contributed by atoms with Gasteiger partial charge in [0.2, 0.25) is 0 Å². The minimum atomic E-state index is -0.921. The van der Waals surface area contributed by atoms with Crippen molar-refractivity contribution in [2.45, 2.75) is 31.9 Å². The molecule has 17 heavy (non-hydrogen) atoms. The molecule has 0 heterocycles. The maximum absolute atomic E-state index is 10.4. The van der Waals surface area contributed by atoms with E-state index in [2.05, 4.69) is 0 Å². The van der Waals surface area contributed by atoms with Gasteiger partial charge in [-0.15, -0.1) is 0 Å². The van der Waals surface area contributed by atoms with E-state index < -0.39 is 18.1 Å². The Balaban J connectivity index is 2.77. The zero-order valence-electron chi connectivity index (χ0n) is 9.56. The molecule has 0 fully saturated rings. The number of aliphatic hydroxyl groups is 1. The fourth-order valence-electron chi connectivity index (χ4n) is 1.61. The monoisotopic (exact) mass is 257 g/mol. The first kappa shape index (κ1) is 14.0. The lowest BCUT2D eigenvalue weighted by molar-refractivity contribution is -0.137. The molecule has 1 aromatic carbocycles. The number of hydrogen-bond acceptors (Lipinski definition) is 3. The molecule has 4 N–H and O–H groups in total. The summed E-state index contributed by atoms with van der Waals surface area (Å²) < 4.78 is 0. The van der Waals surface area contributed by atoms with E-state index in [0.717, 1.165) is 5.56 Å². The van der Waals surface area contributed by atoms with Crippen molar-refractivity contribution in [3.63, 3.8) is 0 Å². The molecule has 0 saturated heterocycles. The molecule has 0 aromatic heterocycles. The Kier molecular flexibility index (Phi) is 4.93. The van der Waals surface area contributed by atoms with Gasteiger partial charge in [0, 0.05) is 17.5 Å². The summed E-state index contributed by atoms with van der Waals surface area (Å²) in [6, 6.07) is 4.58. The van der Waals surface area contributed by atoms with E-state index in [1.54, 1.807) is 18.2 Å². The molecule has 5 heteroatoms. The highest BCUT2D eigenvalue weighted by Gasteiger charge is 2.19. The number of rotatable bonds is 5. The van der Waals surface area contributed by atoms with Crippen LogP contribution in [0.4, 0.5) is 0 Å². The van der Waals surface area contributed by atoms with Crippen molar-refractivity contribution in [3.8, 4) is 0 Å². The van der Waals surface area contributed by atoms with Gasteiger partial charge in [-0.2, -0.15) is 0 Å². The van der Waals surface area contributed by atoms with Gasteiger partial charge in [-0.1, -0.05) is 17.7 Å². The van der Waals surface area contributed by atoms with Gasteiger partial charge >= 0.3 is 5.97 Å². The number of benzene rings is 1. The van der Waals surface area contributed by atoms with Gasteiger partial charge in [0.15, 0.2) is 0 Å². The third-order valence-electron chi connectivity index (χ3n) is 2.66. The summed E-state index contributed by atoms with van der Waals surface area (Å²) in [5.41, 5.74) is 7.29. The molecular formula is C12H16ClNO3. The van der Waals surface area contributed by atoms with Crippen LogP contribution in [0.5, 0.6) is 0 Å². The van der Waals surface area contributed by atoms with Crippen molar-refractivity contribution >= 4 is 17.6 Å². The zero-order valence-corrected chi connectivity index (χ0v) is 10.3. The minimum Gasteiger partial charge on any atom is -0.481 e. The number of aliphatic hydroxyl groups excluding tert-OH is 1. The van der Waals surface area contributed by atoms with Crippen LogP contribution in [0.15, 0.2) is 18.2 Å². The Bertz CT molecular complexity index is 409. The van der Waals surface area contributed by atoms with Crippen LogP contribution in [0.25, 0.3) is 0 Å². The van der Waals surface area contributed by atoms with Gasteiger partial charge in [0.05, 0.1) is 6.10 Å². The Labute approximate surface area is 105 Å². The summed E-state index contributed by atoms with van der Waals surface area (Å²) in [6.07, 6.45) is -0.728. The number of nitrogens with two attached hydrogens (primary N) is 1. The van der Waals surface area contributed by atoms with Crippen LogP contribution in [-0.4, -0.2) is 22.2 Å². The van der Waals surface area contributed by atoms with Crippen molar-refractivity contribution in [2.75, 3.05) is 0 Å². The molecule has 0 spiro atoms. The summed E-state index contributed by atoms with van der Waals surface area (Å²) in [4.78, 5) is 10.4. The van der Waals surface area contributed by atoms with Crippen LogP contribution in [0.2, 0.25) is 5.02 Å². The van der Waals surface area contributed by atoms with Gasteiger partial charge in [-0.25, -0.2) is 0 Å². The number of carboxylic acids is 1. The first-order chi connectivity index (χ1) is 7.91. The molecular weight excluding hydrogens is 242 g/mol. The van der Waals surface area contributed by atoms with E-state index in [0.29, 0.717) is 10.6 Å². The van der Waals surface area contributed by atoms with E-state index in [1.165, 1.54) is 0 Å². The third-order valence-corrected chi connectivity index (χ3v) is 2.89. The summed E-state index contributed by atoms with van der Waals surface area (Å²) in [5, 5.41) is 19.1. The number of carbonyl (C=O) groups is 1. The summed E-state index contributed by atoms with van der Waals surface area (Å²) >= 11 is 5.85. The lowest BCUT2D eigenvalue weighted by Gasteiger charge is -2.20. The second kappa shape index (κ2) is 6.00. The Morgan fingerprint density at radius 3 is 2.76 bits per heavy atom. The number of halogens is 1. The average Bonchev–Trinajstić information content (AvgIpc) is 2.28. The molecule has 2 atom stereocenters. The van der Waals surface area contributed by atoms with Gasteiger partial charge in [0.1, 0.15) is 0 Å². The van der Waals surface area contributed by atoms with Crippen LogP contribution in [0.3, 0.4) is 0 Å². The van der Waals surface area contributed by atoms with Gasteiger partial charge in [-0.3, -0.25) is 4.79 Å².